The first-order chi connectivity index (χ1) is 11.7. The van der Waals surface area contributed by atoms with Crippen molar-refractivity contribution in [3.8, 4) is 0 Å². The highest BCUT2D eigenvalue weighted by Gasteiger charge is 2.27. The van der Waals surface area contributed by atoms with Crippen molar-refractivity contribution in [1.29, 1.82) is 0 Å². The molecule has 1 amide bonds. The Labute approximate surface area is 141 Å². The average Bonchev–Trinajstić information content (AvgIpc) is 3.06. The van der Waals surface area contributed by atoms with Crippen LogP contribution in [0, 0.1) is 6.92 Å². The summed E-state index contributed by atoms with van der Waals surface area (Å²) in [5.41, 5.74) is 1.22. The van der Waals surface area contributed by atoms with Gasteiger partial charge < -0.3 is 14.2 Å². The van der Waals surface area contributed by atoms with E-state index in [0.29, 0.717) is 24.9 Å². The zero-order valence-corrected chi connectivity index (χ0v) is 14.0. The van der Waals surface area contributed by atoms with Crippen molar-refractivity contribution in [2.45, 2.75) is 32.1 Å². The number of aromatic nitrogens is 2. The number of carbonyl (C=O) groups is 1. The van der Waals surface area contributed by atoms with E-state index in [1.165, 1.54) is 5.56 Å². The molecule has 0 spiro atoms. The van der Waals surface area contributed by atoms with Gasteiger partial charge in [0.05, 0.1) is 6.61 Å². The summed E-state index contributed by atoms with van der Waals surface area (Å²) in [5.74, 6) is 1.46. The number of carbonyl (C=O) groups excluding carboxylic acids is 1. The van der Waals surface area contributed by atoms with E-state index in [2.05, 4.69) is 22.3 Å². The minimum Gasteiger partial charge on any atom is -0.371 e. The number of piperidine rings is 1. The second kappa shape index (κ2) is 8.06. The lowest BCUT2D eigenvalue weighted by molar-refractivity contribution is -0.137. The van der Waals surface area contributed by atoms with E-state index in [0.717, 1.165) is 25.8 Å². The van der Waals surface area contributed by atoms with Crippen molar-refractivity contribution in [3.05, 3.63) is 47.6 Å². The zero-order chi connectivity index (χ0) is 16.8. The van der Waals surface area contributed by atoms with Crippen molar-refractivity contribution in [1.82, 2.24) is 15.0 Å². The number of amides is 1. The monoisotopic (exact) mass is 329 g/mol. The summed E-state index contributed by atoms with van der Waals surface area (Å²) in [6.45, 7) is 3.87. The van der Waals surface area contributed by atoms with Crippen molar-refractivity contribution in [2.24, 2.45) is 0 Å². The summed E-state index contributed by atoms with van der Waals surface area (Å²) in [4.78, 5) is 18.5. The average molecular weight is 329 g/mol. The smallest absolute Gasteiger partial charge is 0.248 e. The van der Waals surface area contributed by atoms with Crippen LogP contribution in [-0.4, -0.2) is 47.3 Å². The van der Waals surface area contributed by atoms with E-state index in [-0.39, 0.29) is 18.4 Å². The molecule has 3 rings (SSSR count). The molecule has 1 atom stereocenters. The van der Waals surface area contributed by atoms with Gasteiger partial charge in [-0.25, -0.2) is 0 Å². The van der Waals surface area contributed by atoms with Crippen LogP contribution >= 0.6 is 0 Å². The van der Waals surface area contributed by atoms with Crippen molar-refractivity contribution < 1.29 is 14.1 Å². The molecular weight excluding hydrogens is 306 g/mol. The lowest BCUT2D eigenvalue weighted by atomic mass is 9.97. The number of rotatable bonds is 6. The first-order valence-electron chi connectivity index (χ1n) is 8.42. The number of hydrogen-bond donors (Lipinski definition) is 0. The van der Waals surface area contributed by atoms with Gasteiger partial charge in [-0.3, -0.25) is 4.79 Å². The minimum atomic E-state index is 0.0352. The highest BCUT2D eigenvalue weighted by atomic mass is 16.5. The van der Waals surface area contributed by atoms with Crippen molar-refractivity contribution in [3.63, 3.8) is 0 Å². The Morgan fingerprint density at radius 2 is 2.21 bits per heavy atom. The van der Waals surface area contributed by atoms with Gasteiger partial charge in [-0.15, -0.1) is 0 Å². The normalized spacial score (nSPS) is 17.9. The third-order valence-electron chi connectivity index (χ3n) is 4.29. The molecule has 0 unspecified atom stereocenters. The topological polar surface area (TPSA) is 68.5 Å². The molecular formula is C18H23N3O3. The molecule has 6 nitrogen and oxygen atoms in total. The summed E-state index contributed by atoms with van der Waals surface area (Å²) < 4.78 is 10.6. The van der Waals surface area contributed by atoms with E-state index in [1.807, 2.05) is 23.1 Å². The van der Waals surface area contributed by atoms with Crippen LogP contribution in [0.25, 0.3) is 0 Å². The van der Waals surface area contributed by atoms with Gasteiger partial charge in [-0.2, -0.15) is 4.98 Å². The standard InChI is InChI=1S/C18H23N3O3/c1-14-19-18(20-24-14)16-8-5-10-21(12-16)17(22)13-23-11-9-15-6-3-2-4-7-15/h2-4,6-7,16H,5,8-13H2,1H3/t16-/m0/s1. The van der Waals surface area contributed by atoms with Gasteiger partial charge in [0.25, 0.3) is 0 Å². The maximum atomic E-state index is 12.3. The van der Waals surface area contributed by atoms with Crippen molar-refractivity contribution >= 4 is 5.91 Å². The zero-order valence-electron chi connectivity index (χ0n) is 14.0. The van der Waals surface area contributed by atoms with E-state index in [9.17, 15) is 4.79 Å². The number of nitrogens with zero attached hydrogens (tertiary/aromatic N) is 3. The molecule has 1 aliphatic heterocycles. The van der Waals surface area contributed by atoms with Gasteiger partial charge in [0.2, 0.25) is 11.8 Å². The van der Waals surface area contributed by atoms with Crippen LogP contribution in [0.15, 0.2) is 34.9 Å². The van der Waals surface area contributed by atoms with Gasteiger partial charge >= 0.3 is 0 Å². The lowest BCUT2D eigenvalue weighted by Crippen LogP contribution is -2.41. The van der Waals surface area contributed by atoms with Gasteiger partial charge in [0.1, 0.15) is 6.61 Å². The molecule has 0 aliphatic carbocycles. The highest BCUT2D eigenvalue weighted by Crippen LogP contribution is 2.24. The minimum absolute atomic E-state index is 0.0352. The number of hydrogen-bond acceptors (Lipinski definition) is 5. The maximum Gasteiger partial charge on any atom is 0.248 e. The van der Waals surface area contributed by atoms with Gasteiger partial charge in [-0.05, 0) is 24.8 Å². The molecule has 1 saturated heterocycles. The second-order valence-corrected chi connectivity index (χ2v) is 6.14. The number of benzene rings is 1. The molecule has 2 heterocycles. The lowest BCUT2D eigenvalue weighted by Gasteiger charge is -2.31. The predicted molar refractivity (Wildman–Crippen MR) is 88.6 cm³/mol. The molecule has 0 radical (unpaired) electrons. The number of ether oxygens (including phenoxy) is 1. The molecule has 2 aromatic rings. The van der Waals surface area contributed by atoms with Crippen LogP contribution in [0.1, 0.15) is 36.0 Å². The third-order valence-corrected chi connectivity index (χ3v) is 4.29. The Morgan fingerprint density at radius 1 is 1.38 bits per heavy atom. The van der Waals surface area contributed by atoms with E-state index in [4.69, 9.17) is 9.26 Å². The quantitative estimate of drug-likeness (QED) is 0.761. The number of likely N-dealkylation sites (tertiary alicyclic amines) is 1. The Kier molecular flexibility index (Phi) is 5.59. The fourth-order valence-corrected chi connectivity index (χ4v) is 2.98. The summed E-state index contributed by atoms with van der Waals surface area (Å²) in [6, 6.07) is 10.1. The molecule has 1 aliphatic rings. The fourth-order valence-electron chi connectivity index (χ4n) is 2.98. The molecule has 128 valence electrons. The summed E-state index contributed by atoms with van der Waals surface area (Å²) in [7, 11) is 0. The Balaban J connectivity index is 1.43. The van der Waals surface area contributed by atoms with E-state index < -0.39 is 0 Å². The number of aryl methyl sites for hydroxylation is 1. The van der Waals surface area contributed by atoms with Crippen LogP contribution in [0.3, 0.4) is 0 Å². The molecule has 1 aromatic heterocycles. The SMILES string of the molecule is Cc1nc([C@H]2CCCN(C(=O)COCCc3ccccc3)C2)no1. The molecule has 1 fully saturated rings. The predicted octanol–water partition coefficient (Wildman–Crippen LogP) is 2.34. The molecule has 0 saturated carbocycles. The van der Waals surface area contributed by atoms with Gasteiger partial charge in [0, 0.05) is 25.9 Å². The van der Waals surface area contributed by atoms with Crippen molar-refractivity contribution in [2.75, 3.05) is 26.3 Å². The second-order valence-electron chi connectivity index (χ2n) is 6.14. The van der Waals surface area contributed by atoms with Crippen LogP contribution in [0.2, 0.25) is 0 Å². The van der Waals surface area contributed by atoms with Gasteiger partial charge in [0.15, 0.2) is 5.82 Å². The molecule has 1 aromatic carbocycles. The maximum absolute atomic E-state index is 12.3. The van der Waals surface area contributed by atoms with E-state index in [1.54, 1.807) is 6.92 Å². The molecule has 6 heteroatoms. The summed E-state index contributed by atoms with van der Waals surface area (Å²) >= 11 is 0. The largest absolute Gasteiger partial charge is 0.371 e. The summed E-state index contributed by atoms with van der Waals surface area (Å²) in [6.07, 6.45) is 2.75. The highest BCUT2D eigenvalue weighted by molar-refractivity contribution is 5.77. The van der Waals surface area contributed by atoms with E-state index >= 15 is 0 Å². The first kappa shape index (κ1) is 16.6. The van der Waals surface area contributed by atoms with Crippen LogP contribution in [-0.2, 0) is 16.0 Å². The van der Waals surface area contributed by atoms with Gasteiger partial charge in [-0.1, -0.05) is 35.5 Å². The third kappa shape index (κ3) is 4.41. The Bertz CT molecular complexity index is 657. The fraction of sp³-hybridized carbons (Fsp3) is 0.500. The van der Waals surface area contributed by atoms with Crippen LogP contribution in [0.5, 0.6) is 0 Å². The molecule has 0 N–H and O–H groups in total. The van der Waals surface area contributed by atoms with Crippen LogP contribution < -0.4 is 0 Å². The molecule has 24 heavy (non-hydrogen) atoms. The summed E-state index contributed by atoms with van der Waals surface area (Å²) in [5, 5.41) is 3.99. The first-order valence-corrected chi connectivity index (χ1v) is 8.42. The Hall–Kier alpha value is -2.21. The van der Waals surface area contributed by atoms with Crippen LogP contribution in [0.4, 0.5) is 0 Å². The Morgan fingerprint density at radius 3 is 2.96 bits per heavy atom. The molecule has 0 bridgehead atoms.